The lowest BCUT2D eigenvalue weighted by molar-refractivity contribution is -0.115. The molecule has 110 valence electrons. The minimum Gasteiger partial charge on any atom is -0.322 e. The topological polar surface area (TPSA) is 41.1 Å². The van der Waals surface area contributed by atoms with Crippen molar-refractivity contribution < 1.29 is 9.18 Å². The predicted octanol–water partition coefficient (Wildman–Crippen LogP) is 3.32. The molecule has 3 nitrogen and oxygen atoms in total. The lowest BCUT2D eigenvalue weighted by atomic mass is 9.84. The fourth-order valence-electron chi connectivity index (χ4n) is 2.81. The highest BCUT2D eigenvalue weighted by atomic mass is 19.1. The zero-order valence-corrected chi connectivity index (χ0v) is 12.0. The van der Waals surface area contributed by atoms with E-state index in [1.54, 1.807) is 18.2 Å². The maximum Gasteiger partial charge on any atom is 0.238 e. The van der Waals surface area contributed by atoms with Crippen LogP contribution in [0.4, 0.5) is 10.1 Å². The minimum atomic E-state index is -0.402. The van der Waals surface area contributed by atoms with E-state index in [2.05, 4.69) is 17.6 Å². The number of amides is 1. The monoisotopic (exact) mass is 278 g/mol. The first-order valence-corrected chi connectivity index (χ1v) is 7.44. The van der Waals surface area contributed by atoms with E-state index in [1.165, 1.54) is 38.2 Å². The third kappa shape index (κ3) is 4.30. The zero-order chi connectivity index (χ0) is 14.4. The van der Waals surface area contributed by atoms with Crippen molar-refractivity contribution in [1.29, 1.82) is 0 Å². The Hall–Kier alpha value is -1.42. The Kier molecular flexibility index (Phi) is 5.53. The highest BCUT2D eigenvalue weighted by Gasteiger charge is 2.20. The number of rotatable bonds is 5. The molecule has 0 aromatic heterocycles. The summed E-state index contributed by atoms with van der Waals surface area (Å²) < 4.78 is 13.4. The molecule has 0 bridgehead atoms. The largest absolute Gasteiger partial charge is 0.322 e. The van der Waals surface area contributed by atoms with Crippen LogP contribution in [0.25, 0.3) is 0 Å². The van der Waals surface area contributed by atoms with Gasteiger partial charge in [-0.15, -0.1) is 0 Å². The third-order valence-electron chi connectivity index (χ3n) is 4.09. The second kappa shape index (κ2) is 7.39. The molecule has 0 spiro atoms. The molecule has 0 heterocycles. The molecular weight excluding hydrogens is 255 g/mol. The fourth-order valence-corrected chi connectivity index (χ4v) is 2.81. The van der Waals surface area contributed by atoms with Gasteiger partial charge in [0.25, 0.3) is 0 Å². The van der Waals surface area contributed by atoms with E-state index in [1.807, 2.05) is 0 Å². The fraction of sp³-hybridized carbons (Fsp3) is 0.562. The van der Waals surface area contributed by atoms with Gasteiger partial charge in [0.05, 0.1) is 12.2 Å². The normalized spacial score (nSPS) is 17.7. The molecule has 1 amide bonds. The van der Waals surface area contributed by atoms with Crippen molar-refractivity contribution in [2.45, 2.75) is 45.1 Å². The van der Waals surface area contributed by atoms with Gasteiger partial charge in [0, 0.05) is 6.04 Å². The van der Waals surface area contributed by atoms with Crippen molar-refractivity contribution in [1.82, 2.24) is 5.32 Å². The average Bonchev–Trinajstić information content (AvgIpc) is 2.48. The van der Waals surface area contributed by atoms with E-state index < -0.39 is 5.82 Å². The summed E-state index contributed by atoms with van der Waals surface area (Å²) in [6.45, 7) is 2.36. The summed E-state index contributed by atoms with van der Waals surface area (Å²) >= 11 is 0. The maximum atomic E-state index is 13.4. The molecular formula is C16H23FN2O. The number of para-hydroxylation sites is 1. The number of carbonyl (C=O) groups excluding carboxylic acids is 1. The minimum absolute atomic E-state index is 0.197. The first-order chi connectivity index (χ1) is 9.66. The van der Waals surface area contributed by atoms with Crippen LogP contribution < -0.4 is 10.6 Å². The van der Waals surface area contributed by atoms with Crippen molar-refractivity contribution in [3.05, 3.63) is 30.1 Å². The van der Waals surface area contributed by atoms with Crippen LogP contribution in [0.3, 0.4) is 0 Å². The molecule has 0 saturated heterocycles. The molecule has 1 atom stereocenters. The molecule has 2 N–H and O–H groups in total. The summed E-state index contributed by atoms with van der Waals surface area (Å²) in [6, 6.07) is 6.55. The highest BCUT2D eigenvalue weighted by molar-refractivity contribution is 5.92. The number of benzene rings is 1. The lowest BCUT2D eigenvalue weighted by Gasteiger charge is -2.28. The van der Waals surface area contributed by atoms with E-state index in [0.29, 0.717) is 12.0 Å². The smallest absolute Gasteiger partial charge is 0.238 e. The first kappa shape index (κ1) is 15.0. The zero-order valence-electron chi connectivity index (χ0n) is 12.0. The Morgan fingerprint density at radius 2 is 2.00 bits per heavy atom. The molecule has 1 aliphatic rings. The molecule has 1 aliphatic carbocycles. The number of hydrogen-bond donors (Lipinski definition) is 2. The van der Waals surface area contributed by atoms with Crippen molar-refractivity contribution in [3.63, 3.8) is 0 Å². The van der Waals surface area contributed by atoms with E-state index in [-0.39, 0.29) is 18.1 Å². The van der Waals surface area contributed by atoms with Gasteiger partial charge in [-0.05, 0) is 37.8 Å². The number of nitrogens with one attached hydrogen (secondary N) is 2. The quantitative estimate of drug-likeness (QED) is 0.867. The first-order valence-electron chi connectivity index (χ1n) is 7.44. The van der Waals surface area contributed by atoms with Gasteiger partial charge in [0.2, 0.25) is 5.91 Å². The summed E-state index contributed by atoms with van der Waals surface area (Å²) in [6.07, 6.45) is 6.39. The molecule has 4 heteroatoms. The summed E-state index contributed by atoms with van der Waals surface area (Å²) in [4.78, 5) is 11.8. The predicted molar refractivity (Wildman–Crippen MR) is 79.1 cm³/mol. The summed E-state index contributed by atoms with van der Waals surface area (Å²) in [5.74, 6) is 0.0592. The SMILES string of the molecule is C[C@H](NCC(=O)Nc1ccccc1F)C1CCCCC1. The van der Waals surface area contributed by atoms with E-state index in [0.717, 1.165) is 0 Å². The Morgan fingerprint density at radius 3 is 2.70 bits per heavy atom. The standard InChI is InChI=1S/C16H23FN2O/c1-12(13-7-3-2-4-8-13)18-11-16(20)19-15-10-6-5-9-14(15)17/h5-6,9-10,12-13,18H,2-4,7-8,11H2,1H3,(H,19,20)/t12-/m0/s1. The van der Waals surface area contributed by atoms with E-state index in [9.17, 15) is 9.18 Å². The van der Waals surface area contributed by atoms with Crippen LogP contribution in [-0.2, 0) is 4.79 Å². The van der Waals surface area contributed by atoms with Gasteiger partial charge in [-0.25, -0.2) is 4.39 Å². The maximum absolute atomic E-state index is 13.4. The third-order valence-corrected chi connectivity index (χ3v) is 4.09. The van der Waals surface area contributed by atoms with Crippen molar-refractivity contribution in [2.75, 3.05) is 11.9 Å². The molecule has 1 fully saturated rings. The van der Waals surface area contributed by atoms with Crippen molar-refractivity contribution in [2.24, 2.45) is 5.92 Å². The van der Waals surface area contributed by atoms with Gasteiger partial charge in [-0.3, -0.25) is 4.79 Å². The molecule has 0 aliphatic heterocycles. The van der Waals surface area contributed by atoms with E-state index in [4.69, 9.17) is 0 Å². The van der Waals surface area contributed by atoms with Gasteiger partial charge in [-0.1, -0.05) is 31.4 Å². The highest BCUT2D eigenvalue weighted by Crippen LogP contribution is 2.26. The summed E-state index contributed by atoms with van der Waals surface area (Å²) in [5.41, 5.74) is 0.240. The molecule has 1 saturated carbocycles. The van der Waals surface area contributed by atoms with Crippen LogP contribution in [0.5, 0.6) is 0 Å². The Bertz CT molecular complexity index is 444. The van der Waals surface area contributed by atoms with Crippen LogP contribution in [0.1, 0.15) is 39.0 Å². The molecule has 20 heavy (non-hydrogen) atoms. The number of carbonyl (C=O) groups is 1. The van der Waals surface area contributed by atoms with Crippen LogP contribution in [-0.4, -0.2) is 18.5 Å². The van der Waals surface area contributed by atoms with Crippen LogP contribution >= 0.6 is 0 Å². The lowest BCUT2D eigenvalue weighted by Crippen LogP contribution is -2.39. The van der Waals surface area contributed by atoms with Crippen LogP contribution in [0.2, 0.25) is 0 Å². The molecule has 0 unspecified atom stereocenters. The number of anilines is 1. The van der Waals surface area contributed by atoms with E-state index >= 15 is 0 Å². The van der Waals surface area contributed by atoms with Gasteiger partial charge in [0.1, 0.15) is 5.82 Å². The molecule has 1 aromatic rings. The van der Waals surface area contributed by atoms with Gasteiger partial charge in [0.15, 0.2) is 0 Å². The van der Waals surface area contributed by atoms with Gasteiger partial charge >= 0.3 is 0 Å². The van der Waals surface area contributed by atoms with Gasteiger partial charge < -0.3 is 10.6 Å². The molecule has 0 radical (unpaired) electrons. The Morgan fingerprint density at radius 1 is 1.30 bits per heavy atom. The second-order valence-electron chi connectivity index (χ2n) is 5.60. The number of halogens is 1. The Balaban J connectivity index is 1.76. The van der Waals surface area contributed by atoms with Crippen molar-refractivity contribution in [3.8, 4) is 0 Å². The second-order valence-corrected chi connectivity index (χ2v) is 5.60. The number of hydrogen-bond acceptors (Lipinski definition) is 2. The summed E-state index contributed by atoms with van der Waals surface area (Å²) in [5, 5.41) is 5.85. The van der Waals surface area contributed by atoms with Crippen LogP contribution in [0.15, 0.2) is 24.3 Å². The summed E-state index contributed by atoms with van der Waals surface area (Å²) in [7, 11) is 0. The molecule has 2 rings (SSSR count). The average molecular weight is 278 g/mol. The van der Waals surface area contributed by atoms with Crippen molar-refractivity contribution >= 4 is 11.6 Å². The van der Waals surface area contributed by atoms with Crippen LogP contribution in [0, 0.1) is 11.7 Å². The Labute approximate surface area is 120 Å². The van der Waals surface area contributed by atoms with Gasteiger partial charge in [-0.2, -0.15) is 0 Å². The molecule has 1 aromatic carbocycles.